The zero-order valence-electron chi connectivity index (χ0n) is 15.4. The van der Waals surface area contributed by atoms with Crippen molar-refractivity contribution in [3.05, 3.63) is 29.8 Å². The van der Waals surface area contributed by atoms with Crippen molar-refractivity contribution in [3.8, 4) is 0 Å². The van der Waals surface area contributed by atoms with Crippen LogP contribution < -0.4 is 0 Å². The second-order valence-corrected chi connectivity index (χ2v) is 9.65. The Bertz CT molecular complexity index is 774. The lowest BCUT2D eigenvalue weighted by atomic mass is 9.96. The molecule has 0 amide bonds. The van der Waals surface area contributed by atoms with E-state index in [0.29, 0.717) is 26.6 Å². The summed E-state index contributed by atoms with van der Waals surface area (Å²) in [5, 5.41) is 9.72. The van der Waals surface area contributed by atoms with Crippen LogP contribution in [0.25, 0.3) is 0 Å². The van der Waals surface area contributed by atoms with Gasteiger partial charge < -0.3 is 10.0 Å². The van der Waals surface area contributed by atoms with Crippen LogP contribution in [-0.4, -0.2) is 61.1 Å². The van der Waals surface area contributed by atoms with Crippen molar-refractivity contribution in [2.24, 2.45) is 5.92 Å². The number of piperazine rings is 1. The summed E-state index contributed by atoms with van der Waals surface area (Å²) in [6.45, 7) is 5.16. The fraction of sp³-hybridized carbons (Fsp3) is 0.667. The molecule has 1 heterocycles. The first-order chi connectivity index (χ1) is 12.4. The summed E-state index contributed by atoms with van der Waals surface area (Å²) in [5.74, 6) is 0.731. The molecule has 0 aromatic heterocycles. The fourth-order valence-corrected chi connectivity index (χ4v) is 5.07. The summed E-state index contributed by atoms with van der Waals surface area (Å²) in [6.07, 6.45) is -2.37. The highest BCUT2D eigenvalue weighted by Gasteiger charge is 2.51. The Balaban J connectivity index is 1.75. The molecule has 1 saturated heterocycles. The summed E-state index contributed by atoms with van der Waals surface area (Å²) in [6, 6.07) is 4.10. The highest BCUT2D eigenvalue weighted by Crippen LogP contribution is 2.39. The van der Waals surface area contributed by atoms with Crippen molar-refractivity contribution >= 4 is 10.0 Å². The van der Waals surface area contributed by atoms with Gasteiger partial charge in [-0.2, -0.15) is 17.5 Å². The van der Waals surface area contributed by atoms with Gasteiger partial charge in [0.25, 0.3) is 0 Å². The Kier molecular flexibility index (Phi) is 5.35. The van der Waals surface area contributed by atoms with Crippen LogP contribution >= 0.6 is 0 Å². The molecule has 1 aromatic rings. The van der Waals surface area contributed by atoms with Crippen molar-refractivity contribution < 1.29 is 26.7 Å². The minimum atomic E-state index is -4.85. The molecule has 1 aliphatic carbocycles. The molecule has 0 radical (unpaired) electrons. The summed E-state index contributed by atoms with van der Waals surface area (Å²) in [4.78, 5) is 2.21. The number of hydrogen-bond acceptors (Lipinski definition) is 4. The Morgan fingerprint density at radius 1 is 1.15 bits per heavy atom. The quantitative estimate of drug-likeness (QED) is 0.817. The molecule has 1 N–H and O–H groups in total. The smallest absolute Gasteiger partial charge is 0.376 e. The molecule has 152 valence electrons. The standard InChI is InChI=1S/C18H25F3N2O3S/c1-13-11-22(12-14-3-4-14)9-10-23(13)27(25,26)16-7-5-15(6-8-16)17(2,24)18(19,20)21/h5-8,13-14,24H,3-4,9-12H2,1-2H3/t13-,17?/m0/s1. The molecule has 2 aliphatic rings. The predicted molar refractivity (Wildman–Crippen MR) is 94.6 cm³/mol. The van der Waals surface area contributed by atoms with Crippen molar-refractivity contribution in [2.75, 3.05) is 26.2 Å². The molecule has 0 spiro atoms. The van der Waals surface area contributed by atoms with Gasteiger partial charge in [0.15, 0.2) is 5.60 Å². The van der Waals surface area contributed by atoms with Gasteiger partial charge in [-0.3, -0.25) is 0 Å². The highest BCUT2D eigenvalue weighted by molar-refractivity contribution is 7.89. The van der Waals surface area contributed by atoms with Gasteiger partial charge in [0.2, 0.25) is 10.0 Å². The molecule has 1 aliphatic heterocycles. The van der Waals surface area contributed by atoms with E-state index in [1.807, 2.05) is 6.92 Å². The van der Waals surface area contributed by atoms with E-state index in [1.54, 1.807) is 0 Å². The van der Waals surface area contributed by atoms with Crippen LogP contribution in [0.2, 0.25) is 0 Å². The van der Waals surface area contributed by atoms with Crippen molar-refractivity contribution in [2.45, 2.75) is 49.4 Å². The zero-order valence-corrected chi connectivity index (χ0v) is 16.2. The summed E-state index contributed by atoms with van der Waals surface area (Å²) >= 11 is 0. The van der Waals surface area contributed by atoms with Crippen LogP contribution in [0.5, 0.6) is 0 Å². The maximum atomic E-state index is 12.9. The van der Waals surface area contributed by atoms with Gasteiger partial charge in [-0.15, -0.1) is 0 Å². The number of benzene rings is 1. The first-order valence-electron chi connectivity index (χ1n) is 9.07. The molecule has 2 atom stereocenters. The number of sulfonamides is 1. The van der Waals surface area contributed by atoms with E-state index >= 15 is 0 Å². The minimum absolute atomic E-state index is 0.0632. The Labute approximate surface area is 157 Å². The number of rotatable bonds is 5. The van der Waals surface area contributed by atoms with E-state index in [4.69, 9.17) is 0 Å². The number of nitrogens with zero attached hydrogens (tertiary/aromatic N) is 2. The van der Waals surface area contributed by atoms with Crippen LogP contribution in [0.4, 0.5) is 13.2 Å². The first-order valence-corrected chi connectivity index (χ1v) is 10.5. The maximum Gasteiger partial charge on any atom is 0.421 e. The Morgan fingerprint density at radius 3 is 2.22 bits per heavy atom. The fourth-order valence-electron chi connectivity index (χ4n) is 3.46. The molecule has 0 bridgehead atoms. The lowest BCUT2D eigenvalue weighted by molar-refractivity contribution is -0.258. The largest absolute Gasteiger partial charge is 0.421 e. The first kappa shape index (κ1) is 20.6. The minimum Gasteiger partial charge on any atom is -0.376 e. The molecule has 2 fully saturated rings. The number of aliphatic hydroxyl groups is 1. The SMILES string of the molecule is C[C@H]1CN(CC2CC2)CCN1S(=O)(=O)c1ccc(C(C)(O)C(F)(F)F)cc1. The lowest BCUT2D eigenvalue weighted by Gasteiger charge is -2.39. The van der Waals surface area contributed by atoms with Crippen LogP contribution in [0, 0.1) is 5.92 Å². The van der Waals surface area contributed by atoms with Gasteiger partial charge in [-0.05, 0) is 50.3 Å². The molecule has 1 unspecified atom stereocenters. The molecule has 27 heavy (non-hydrogen) atoms. The third kappa shape index (κ3) is 4.16. The summed E-state index contributed by atoms with van der Waals surface area (Å²) < 4.78 is 66.1. The third-order valence-corrected chi connectivity index (χ3v) is 7.47. The molecular formula is C18H25F3N2O3S. The summed E-state index contributed by atoms with van der Waals surface area (Å²) in [5.41, 5.74) is -3.42. The van der Waals surface area contributed by atoms with Crippen LogP contribution in [0.3, 0.4) is 0 Å². The summed E-state index contributed by atoms with van der Waals surface area (Å²) in [7, 11) is -3.80. The number of halogens is 3. The van der Waals surface area contributed by atoms with Gasteiger partial charge in [0, 0.05) is 32.2 Å². The molecule has 3 rings (SSSR count). The maximum absolute atomic E-state index is 12.9. The second kappa shape index (κ2) is 7.02. The lowest BCUT2D eigenvalue weighted by Crippen LogP contribution is -2.54. The average Bonchev–Trinajstić information content (AvgIpc) is 3.37. The van der Waals surface area contributed by atoms with Crippen LogP contribution in [-0.2, 0) is 15.6 Å². The Hall–Kier alpha value is -1.16. The van der Waals surface area contributed by atoms with E-state index in [1.165, 1.54) is 17.1 Å². The highest BCUT2D eigenvalue weighted by atomic mass is 32.2. The van der Waals surface area contributed by atoms with E-state index in [-0.39, 0.29) is 10.9 Å². The van der Waals surface area contributed by atoms with Gasteiger partial charge in [0.1, 0.15) is 0 Å². The van der Waals surface area contributed by atoms with Crippen molar-refractivity contribution in [1.82, 2.24) is 9.21 Å². The second-order valence-electron chi connectivity index (χ2n) is 7.76. The van der Waals surface area contributed by atoms with E-state index in [2.05, 4.69) is 4.90 Å². The average molecular weight is 406 g/mol. The topological polar surface area (TPSA) is 60.9 Å². The third-order valence-electron chi connectivity index (χ3n) is 5.44. The van der Waals surface area contributed by atoms with Gasteiger partial charge >= 0.3 is 6.18 Å². The van der Waals surface area contributed by atoms with Crippen LogP contribution in [0.1, 0.15) is 32.3 Å². The normalized spacial score (nSPS) is 25.3. The molecule has 1 aromatic carbocycles. The number of hydrogen-bond donors (Lipinski definition) is 1. The van der Waals surface area contributed by atoms with Crippen molar-refractivity contribution in [3.63, 3.8) is 0 Å². The molecule has 9 heteroatoms. The van der Waals surface area contributed by atoms with E-state index < -0.39 is 27.4 Å². The van der Waals surface area contributed by atoms with Crippen molar-refractivity contribution in [1.29, 1.82) is 0 Å². The molecule has 5 nitrogen and oxygen atoms in total. The van der Waals surface area contributed by atoms with Crippen LogP contribution in [0.15, 0.2) is 29.2 Å². The Morgan fingerprint density at radius 2 is 1.74 bits per heavy atom. The molecule has 1 saturated carbocycles. The van der Waals surface area contributed by atoms with E-state index in [9.17, 15) is 26.7 Å². The number of alkyl halides is 3. The van der Waals surface area contributed by atoms with Gasteiger partial charge in [0.05, 0.1) is 4.90 Å². The van der Waals surface area contributed by atoms with Gasteiger partial charge in [-0.1, -0.05) is 12.1 Å². The predicted octanol–water partition coefficient (Wildman–Crippen LogP) is 2.56. The van der Waals surface area contributed by atoms with Gasteiger partial charge in [-0.25, -0.2) is 8.42 Å². The molecular weight excluding hydrogens is 381 g/mol. The zero-order chi connectivity index (χ0) is 20.0. The monoisotopic (exact) mass is 406 g/mol. The van der Waals surface area contributed by atoms with E-state index in [0.717, 1.165) is 36.7 Å².